The lowest BCUT2D eigenvalue weighted by atomic mass is 9.86. The van der Waals surface area contributed by atoms with Crippen LogP contribution < -0.4 is 5.32 Å². The summed E-state index contributed by atoms with van der Waals surface area (Å²) >= 11 is 0. The molecule has 0 aliphatic carbocycles. The Bertz CT molecular complexity index is 286. The van der Waals surface area contributed by atoms with Gasteiger partial charge in [-0.25, -0.2) is 0 Å². The van der Waals surface area contributed by atoms with E-state index in [0.29, 0.717) is 17.5 Å². The molecule has 1 atom stereocenters. The smallest absolute Gasteiger partial charge is 0.0304 e. The average Bonchev–Trinajstić information content (AvgIpc) is 2.43. The average molecular weight is 264 g/mol. The highest BCUT2D eigenvalue weighted by Crippen LogP contribution is 2.25. The number of hydrogen-bond acceptors (Lipinski definition) is 2. The lowest BCUT2D eigenvalue weighted by molar-refractivity contribution is 0.0493. The number of hydrogen-bond donors (Lipinski definition) is 1. The first-order chi connectivity index (χ1) is 9.08. The third-order valence-corrected chi connectivity index (χ3v) is 4.80. The summed E-state index contributed by atoms with van der Waals surface area (Å²) in [5, 5.41) is 3.82. The Balaban J connectivity index is 2.60. The molecule has 1 rings (SSSR count). The predicted molar refractivity (Wildman–Crippen MR) is 84.2 cm³/mol. The molecule has 0 aromatic heterocycles. The molecule has 0 spiro atoms. The molecule has 19 heavy (non-hydrogen) atoms. The van der Waals surface area contributed by atoms with Crippen LogP contribution in [0.4, 0.5) is 0 Å². The van der Waals surface area contributed by atoms with Gasteiger partial charge < -0.3 is 5.32 Å². The van der Waals surface area contributed by atoms with Gasteiger partial charge in [0.15, 0.2) is 0 Å². The molecule has 0 saturated carbocycles. The molecule has 2 heteroatoms. The van der Waals surface area contributed by atoms with Crippen LogP contribution in [0.1, 0.15) is 59.8 Å². The van der Waals surface area contributed by atoms with Gasteiger partial charge in [0.1, 0.15) is 0 Å². The highest BCUT2D eigenvalue weighted by atomic mass is 15.3. The van der Waals surface area contributed by atoms with Gasteiger partial charge in [0.2, 0.25) is 0 Å². The van der Waals surface area contributed by atoms with Crippen LogP contribution in [0.25, 0.3) is 0 Å². The molecule has 110 valence electrons. The van der Waals surface area contributed by atoms with Gasteiger partial charge in [0.25, 0.3) is 0 Å². The van der Waals surface area contributed by atoms with Crippen LogP contribution in [-0.2, 0) is 0 Å². The van der Waals surface area contributed by atoms with Gasteiger partial charge in [0.05, 0.1) is 0 Å². The van der Waals surface area contributed by atoms with E-state index in [2.05, 4.69) is 43.8 Å². The topological polar surface area (TPSA) is 15.3 Å². The van der Waals surface area contributed by atoms with Crippen LogP contribution in [0, 0.1) is 18.3 Å². The van der Waals surface area contributed by atoms with E-state index in [1.54, 1.807) is 0 Å². The van der Waals surface area contributed by atoms with Crippen LogP contribution in [0.15, 0.2) is 0 Å². The summed E-state index contributed by atoms with van der Waals surface area (Å²) in [4.78, 5) is 2.71. The number of terminal acetylenes is 1. The van der Waals surface area contributed by atoms with Crippen LogP contribution >= 0.6 is 0 Å². The van der Waals surface area contributed by atoms with E-state index < -0.39 is 0 Å². The Labute approximate surface area is 120 Å². The van der Waals surface area contributed by atoms with Crippen molar-refractivity contribution in [2.24, 2.45) is 5.92 Å². The van der Waals surface area contributed by atoms with Crippen molar-refractivity contribution in [2.45, 2.75) is 71.4 Å². The van der Waals surface area contributed by atoms with Gasteiger partial charge in [-0.15, -0.1) is 12.3 Å². The van der Waals surface area contributed by atoms with Crippen LogP contribution in [0.3, 0.4) is 0 Å². The van der Waals surface area contributed by atoms with Crippen molar-refractivity contribution in [1.29, 1.82) is 0 Å². The van der Waals surface area contributed by atoms with Gasteiger partial charge in [-0.2, -0.15) is 0 Å². The summed E-state index contributed by atoms with van der Waals surface area (Å²) in [5.74, 6) is 3.46. The number of nitrogens with zero attached hydrogens (tertiary/aromatic N) is 1. The molecule has 1 aliphatic heterocycles. The standard InChI is InChI=1S/C17H32N2/c1-6-9-10-11-12-19-14-17(7-2,8-3)18-13-16(19)15(4)5/h1,15-16,18H,7-14H2,2-5H3. The Kier molecular flexibility index (Phi) is 6.89. The molecule has 1 fully saturated rings. The quantitative estimate of drug-likeness (QED) is 0.561. The molecule has 0 bridgehead atoms. The summed E-state index contributed by atoms with van der Waals surface area (Å²) in [5.41, 5.74) is 0.331. The molecule has 1 unspecified atom stereocenters. The predicted octanol–water partition coefficient (Wildman–Crippen LogP) is 3.28. The second-order valence-corrected chi connectivity index (χ2v) is 6.31. The largest absolute Gasteiger partial charge is 0.308 e. The van der Waals surface area contributed by atoms with E-state index in [1.807, 2.05) is 0 Å². The molecule has 1 saturated heterocycles. The number of nitrogens with one attached hydrogen (secondary N) is 1. The molecule has 1 N–H and O–H groups in total. The summed E-state index contributed by atoms with van der Waals surface area (Å²) in [7, 11) is 0. The van der Waals surface area contributed by atoms with E-state index in [0.717, 1.165) is 19.4 Å². The molecular weight excluding hydrogens is 232 g/mol. The fourth-order valence-corrected chi connectivity index (χ4v) is 3.18. The Morgan fingerprint density at radius 2 is 2.00 bits per heavy atom. The summed E-state index contributed by atoms with van der Waals surface area (Å²) in [6, 6.07) is 0.678. The zero-order valence-electron chi connectivity index (χ0n) is 13.3. The van der Waals surface area contributed by atoms with Crippen molar-refractivity contribution in [3.8, 4) is 12.3 Å². The fourth-order valence-electron chi connectivity index (χ4n) is 3.18. The Morgan fingerprint density at radius 3 is 2.53 bits per heavy atom. The van der Waals surface area contributed by atoms with Gasteiger partial charge in [-0.05, 0) is 38.1 Å². The number of unbranched alkanes of at least 4 members (excludes halogenated alkanes) is 2. The second kappa shape index (κ2) is 7.92. The molecule has 0 aromatic rings. The zero-order valence-corrected chi connectivity index (χ0v) is 13.3. The molecule has 0 aromatic carbocycles. The van der Waals surface area contributed by atoms with Crippen molar-refractivity contribution in [2.75, 3.05) is 19.6 Å². The van der Waals surface area contributed by atoms with Crippen LogP contribution in [-0.4, -0.2) is 36.1 Å². The maximum absolute atomic E-state index is 5.34. The van der Waals surface area contributed by atoms with Crippen molar-refractivity contribution in [1.82, 2.24) is 10.2 Å². The van der Waals surface area contributed by atoms with E-state index in [9.17, 15) is 0 Å². The molecule has 0 radical (unpaired) electrons. The third kappa shape index (κ3) is 4.51. The van der Waals surface area contributed by atoms with Gasteiger partial charge in [0, 0.05) is 31.1 Å². The highest BCUT2D eigenvalue weighted by Gasteiger charge is 2.37. The second-order valence-electron chi connectivity index (χ2n) is 6.31. The SMILES string of the molecule is C#CCCCCN1CC(CC)(CC)NCC1C(C)C. The van der Waals surface area contributed by atoms with Crippen LogP contribution in [0.2, 0.25) is 0 Å². The third-order valence-electron chi connectivity index (χ3n) is 4.80. The first kappa shape index (κ1) is 16.5. The lowest BCUT2D eigenvalue weighted by Crippen LogP contribution is -2.65. The summed E-state index contributed by atoms with van der Waals surface area (Å²) in [6.45, 7) is 12.8. The highest BCUT2D eigenvalue weighted by molar-refractivity contribution is 4.97. The minimum Gasteiger partial charge on any atom is -0.308 e. The Hall–Kier alpha value is -0.520. The fraction of sp³-hybridized carbons (Fsp3) is 0.882. The number of rotatable bonds is 7. The van der Waals surface area contributed by atoms with Crippen molar-refractivity contribution in [3.05, 3.63) is 0 Å². The maximum atomic E-state index is 5.34. The first-order valence-electron chi connectivity index (χ1n) is 8.01. The first-order valence-corrected chi connectivity index (χ1v) is 8.01. The molecule has 2 nitrogen and oxygen atoms in total. The molecular formula is C17H32N2. The van der Waals surface area contributed by atoms with Gasteiger partial charge in [-0.3, -0.25) is 4.90 Å². The van der Waals surface area contributed by atoms with E-state index in [1.165, 1.54) is 32.4 Å². The minimum absolute atomic E-state index is 0.331. The van der Waals surface area contributed by atoms with Crippen molar-refractivity contribution in [3.63, 3.8) is 0 Å². The van der Waals surface area contributed by atoms with Gasteiger partial charge >= 0.3 is 0 Å². The monoisotopic (exact) mass is 264 g/mol. The molecule has 0 amide bonds. The summed E-state index contributed by atoms with van der Waals surface area (Å²) in [6.07, 6.45) is 11.1. The summed E-state index contributed by atoms with van der Waals surface area (Å²) < 4.78 is 0. The molecule has 1 aliphatic rings. The van der Waals surface area contributed by atoms with Crippen molar-refractivity contribution < 1.29 is 0 Å². The Morgan fingerprint density at radius 1 is 1.32 bits per heavy atom. The van der Waals surface area contributed by atoms with E-state index in [4.69, 9.17) is 6.42 Å². The van der Waals surface area contributed by atoms with E-state index >= 15 is 0 Å². The normalized spacial score (nSPS) is 23.5. The lowest BCUT2D eigenvalue weighted by Gasteiger charge is -2.49. The van der Waals surface area contributed by atoms with Crippen molar-refractivity contribution >= 4 is 0 Å². The zero-order chi connectivity index (χ0) is 14.3. The van der Waals surface area contributed by atoms with Crippen LogP contribution in [0.5, 0.6) is 0 Å². The maximum Gasteiger partial charge on any atom is 0.0304 e. The minimum atomic E-state index is 0.331. The molecule has 1 heterocycles. The number of piperazine rings is 1. The van der Waals surface area contributed by atoms with E-state index in [-0.39, 0.29) is 0 Å². The van der Waals surface area contributed by atoms with Gasteiger partial charge in [-0.1, -0.05) is 27.7 Å².